The standard InChI is InChI=1S/C16H17ClN2O/c1-19(11-13-7-5-6-10-15(13)17)12-16(20)18-14-8-3-2-4-9-14/h2-10H,11-12H2,1H3,(H,18,20). The number of amides is 1. The van der Waals surface area contributed by atoms with E-state index in [1.54, 1.807) is 0 Å². The molecule has 0 aliphatic carbocycles. The van der Waals surface area contributed by atoms with E-state index in [1.807, 2.05) is 66.5 Å². The zero-order chi connectivity index (χ0) is 14.4. The quantitative estimate of drug-likeness (QED) is 0.914. The number of nitrogens with one attached hydrogen (secondary N) is 1. The Balaban J connectivity index is 1.87. The first-order valence-electron chi connectivity index (χ1n) is 6.42. The fraction of sp³-hybridized carbons (Fsp3) is 0.188. The summed E-state index contributed by atoms with van der Waals surface area (Å²) < 4.78 is 0. The summed E-state index contributed by atoms with van der Waals surface area (Å²) in [5, 5.41) is 3.58. The van der Waals surface area contributed by atoms with Gasteiger partial charge in [0.25, 0.3) is 0 Å². The van der Waals surface area contributed by atoms with Gasteiger partial charge in [0.1, 0.15) is 0 Å². The second-order valence-corrected chi connectivity index (χ2v) is 5.09. The van der Waals surface area contributed by atoms with Crippen LogP contribution in [-0.4, -0.2) is 24.4 Å². The highest BCUT2D eigenvalue weighted by Gasteiger charge is 2.08. The average Bonchev–Trinajstić information content (AvgIpc) is 2.42. The fourth-order valence-corrected chi connectivity index (χ4v) is 2.14. The molecule has 0 spiro atoms. The smallest absolute Gasteiger partial charge is 0.238 e. The van der Waals surface area contributed by atoms with Crippen LogP contribution in [0, 0.1) is 0 Å². The number of hydrogen-bond donors (Lipinski definition) is 1. The number of carbonyl (C=O) groups excluding carboxylic acids is 1. The maximum Gasteiger partial charge on any atom is 0.238 e. The number of anilines is 1. The molecule has 0 saturated carbocycles. The molecule has 0 aliphatic heterocycles. The molecule has 2 aromatic rings. The van der Waals surface area contributed by atoms with Crippen LogP contribution in [0.3, 0.4) is 0 Å². The van der Waals surface area contributed by atoms with Crippen LogP contribution >= 0.6 is 11.6 Å². The molecule has 20 heavy (non-hydrogen) atoms. The molecule has 0 heterocycles. The van der Waals surface area contributed by atoms with Crippen molar-refractivity contribution in [1.29, 1.82) is 0 Å². The summed E-state index contributed by atoms with van der Waals surface area (Å²) in [5.41, 5.74) is 1.83. The van der Waals surface area contributed by atoms with Crippen molar-refractivity contribution in [2.45, 2.75) is 6.54 Å². The number of halogens is 1. The summed E-state index contributed by atoms with van der Waals surface area (Å²) in [6.07, 6.45) is 0. The van der Waals surface area contributed by atoms with Crippen LogP contribution in [0.1, 0.15) is 5.56 Å². The number of likely N-dealkylation sites (N-methyl/N-ethyl adjacent to an activating group) is 1. The lowest BCUT2D eigenvalue weighted by atomic mass is 10.2. The Bertz CT molecular complexity index is 572. The Hall–Kier alpha value is -1.84. The minimum Gasteiger partial charge on any atom is -0.325 e. The molecule has 1 amide bonds. The largest absolute Gasteiger partial charge is 0.325 e. The Morgan fingerprint density at radius 2 is 1.75 bits per heavy atom. The Morgan fingerprint density at radius 1 is 1.10 bits per heavy atom. The van der Waals surface area contributed by atoms with Gasteiger partial charge < -0.3 is 5.32 Å². The lowest BCUT2D eigenvalue weighted by Crippen LogP contribution is -2.29. The van der Waals surface area contributed by atoms with Crippen molar-refractivity contribution < 1.29 is 4.79 Å². The second-order valence-electron chi connectivity index (χ2n) is 4.68. The van der Waals surface area contributed by atoms with E-state index in [9.17, 15) is 4.79 Å². The first-order chi connectivity index (χ1) is 9.65. The molecule has 4 heteroatoms. The monoisotopic (exact) mass is 288 g/mol. The first kappa shape index (κ1) is 14.6. The molecule has 2 rings (SSSR count). The van der Waals surface area contributed by atoms with Crippen molar-refractivity contribution >= 4 is 23.2 Å². The van der Waals surface area contributed by atoms with Gasteiger partial charge in [-0.2, -0.15) is 0 Å². The Morgan fingerprint density at radius 3 is 2.45 bits per heavy atom. The number of benzene rings is 2. The molecule has 0 radical (unpaired) electrons. The Kier molecular flexibility index (Phi) is 5.16. The zero-order valence-corrected chi connectivity index (χ0v) is 12.1. The molecule has 0 aliphatic rings. The van der Waals surface area contributed by atoms with Crippen molar-refractivity contribution in [3.63, 3.8) is 0 Å². The summed E-state index contributed by atoms with van der Waals surface area (Å²) in [6, 6.07) is 17.1. The van der Waals surface area contributed by atoms with Gasteiger partial charge in [-0.3, -0.25) is 9.69 Å². The van der Waals surface area contributed by atoms with E-state index in [4.69, 9.17) is 11.6 Å². The van der Waals surface area contributed by atoms with Gasteiger partial charge in [0, 0.05) is 17.3 Å². The van der Waals surface area contributed by atoms with Gasteiger partial charge >= 0.3 is 0 Å². The predicted molar refractivity (Wildman–Crippen MR) is 82.9 cm³/mol. The van der Waals surface area contributed by atoms with E-state index < -0.39 is 0 Å². The zero-order valence-electron chi connectivity index (χ0n) is 11.3. The van der Waals surface area contributed by atoms with E-state index in [2.05, 4.69) is 5.32 Å². The van der Waals surface area contributed by atoms with E-state index in [-0.39, 0.29) is 5.91 Å². The van der Waals surface area contributed by atoms with E-state index in [0.29, 0.717) is 13.1 Å². The maximum atomic E-state index is 11.9. The number of rotatable bonds is 5. The van der Waals surface area contributed by atoms with Gasteiger partial charge in [-0.25, -0.2) is 0 Å². The summed E-state index contributed by atoms with van der Waals surface area (Å²) >= 11 is 6.11. The van der Waals surface area contributed by atoms with Crippen molar-refractivity contribution in [3.05, 3.63) is 65.2 Å². The van der Waals surface area contributed by atoms with Crippen LogP contribution < -0.4 is 5.32 Å². The van der Waals surface area contributed by atoms with Crippen molar-refractivity contribution in [2.24, 2.45) is 0 Å². The summed E-state index contributed by atoms with van der Waals surface area (Å²) in [6.45, 7) is 0.960. The maximum absolute atomic E-state index is 11.9. The van der Waals surface area contributed by atoms with E-state index in [0.717, 1.165) is 16.3 Å². The normalized spacial score (nSPS) is 10.6. The van der Waals surface area contributed by atoms with Crippen molar-refractivity contribution in [2.75, 3.05) is 18.9 Å². The lowest BCUT2D eigenvalue weighted by molar-refractivity contribution is -0.117. The predicted octanol–water partition coefficient (Wildman–Crippen LogP) is 3.41. The Labute approximate surface area is 124 Å². The van der Waals surface area contributed by atoms with Crippen LogP contribution in [0.5, 0.6) is 0 Å². The number of hydrogen-bond acceptors (Lipinski definition) is 2. The molecule has 2 aromatic carbocycles. The van der Waals surface area contributed by atoms with Crippen LogP contribution in [-0.2, 0) is 11.3 Å². The van der Waals surface area contributed by atoms with E-state index >= 15 is 0 Å². The van der Waals surface area contributed by atoms with Crippen LogP contribution in [0.4, 0.5) is 5.69 Å². The SMILES string of the molecule is CN(CC(=O)Nc1ccccc1)Cc1ccccc1Cl. The van der Waals surface area contributed by atoms with Gasteiger partial charge in [-0.15, -0.1) is 0 Å². The fourth-order valence-electron chi connectivity index (χ4n) is 1.94. The molecule has 0 unspecified atom stereocenters. The third-order valence-electron chi connectivity index (χ3n) is 2.87. The average molecular weight is 289 g/mol. The topological polar surface area (TPSA) is 32.3 Å². The number of para-hydroxylation sites is 1. The highest BCUT2D eigenvalue weighted by molar-refractivity contribution is 6.31. The summed E-state index contributed by atoms with van der Waals surface area (Å²) in [4.78, 5) is 13.8. The van der Waals surface area contributed by atoms with Crippen LogP contribution in [0.15, 0.2) is 54.6 Å². The highest BCUT2D eigenvalue weighted by Crippen LogP contribution is 2.16. The molecular weight excluding hydrogens is 272 g/mol. The molecule has 0 fully saturated rings. The number of carbonyl (C=O) groups is 1. The van der Waals surface area contributed by atoms with Gasteiger partial charge in [0.15, 0.2) is 0 Å². The third-order valence-corrected chi connectivity index (χ3v) is 3.24. The lowest BCUT2D eigenvalue weighted by Gasteiger charge is -2.17. The van der Waals surface area contributed by atoms with Gasteiger partial charge in [-0.1, -0.05) is 48.0 Å². The number of nitrogens with zero attached hydrogens (tertiary/aromatic N) is 1. The molecule has 1 N–H and O–H groups in total. The van der Waals surface area contributed by atoms with Crippen molar-refractivity contribution in [1.82, 2.24) is 4.90 Å². The minimum atomic E-state index is -0.0363. The third kappa shape index (κ3) is 4.37. The molecule has 0 saturated heterocycles. The van der Waals surface area contributed by atoms with Gasteiger partial charge in [-0.05, 0) is 30.8 Å². The molecule has 0 bridgehead atoms. The highest BCUT2D eigenvalue weighted by atomic mass is 35.5. The summed E-state index contributed by atoms with van der Waals surface area (Å²) in [7, 11) is 1.90. The van der Waals surface area contributed by atoms with Gasteiger partial charge in [0.2, 0.25) is 5.91 Å². The molecule has 104 valence electrons. The summed E-state index contributed by atoms with van der Waals surface area (Å²) in [5.74, 6) is -0.0363. The van der Waals surface area contributed by atoms with Crippen LogP contribution in [0.25, 0.3) is 0 Å². The van der Waals surface area contributed by atoms with E-state index in [1.165, 1.54) is 0 Å². The molecular formula is C16H17ClN2O. The van der Waals surface area contributed by atoms with Gasteiger partial charge in [0.05, 0.1) is 6.54 Å². The molecule has 3 nitrogen and oxygen atoms in total. The first-order valence-corrected chi connectivity index (χ1v) is 6.80. The van der Waals surface area contributed by atoms with Crippen molar-refractivity contribution in [3.8, 4) is 0 Å². The van der Waals surface area contributed by atoms with Crippen LogP contribution in [0.2, 0.25) is 5.02 Å². The molecule has 0 atom stereocenters. The second kappa shape index (κ2) is 7.08. The molecule has 0 aromatic heterocycles. The minimum absolute atomic E-state index is 0.0363.